The summed E-state index contributed by atoms with van der Waals surface area (Å²) in [6.07, 6.45) is 7.92. The van der Waals surface area contributed by atoms with Gasteiger partial charge in [-0.05, 0) is 53.4 Å². The number of hydrogen-bond donors (Lipinski definition) is 2. The van der Waals surface area contributed by atoms with Crippen molar-refractivity contribution >= 4 is 23.4 Å². The molecule has 8 heteroatoms. The van der Waals surface area contributed by atoms with Gasteiger partial charge in [0.15, 0.2) is 0 Å². The lowest BCUT2D eigenvalue weighted by Gasteiger charge is -2.35. The zero-order valence-corrected chi connectivity index (χ0v) is 19.8. The minimum atomic E-state index is 0.104. The van der Waals surface area contributed by atoms with Gasteiger partial charge in [0, 0.05) is 61.8 Å². The molecule has 1 saturated heterocycles. The Hall–Kier alpha value is -3.23. The summed E-state index contributed by atoms with van der Waals surface area (Å²) in [6.45, 7) is 3.99. The van der Waals surface area contributed by atoms with Crippen molar-refractivity contribution in [3.05, 3.63) is 88.7 Å². The van der Waals surface area contributed by atoms with Crippen LogP contribution in [-0.4, -0.2) is 52.3 Å². The molecule has 174 valence electrons. The van der Waals surface area contributed by atoms with E-state index in [0.29, 0.717) is 13.1 Å². The average molecular weight is 473 g/mol. The van der Waals surface area contributed by atoms with Gasteiger partial charge < -0.3 is 15.5 Å². The molecule has 2 aromatic carbocycles. The van der Waals surface area contributed by atoms with Gasteiger partial charge in [0.25, 0.3) is 0 Å². The molecular weight excluding hydrogens is 444 g/mol. The molecule has 4 heterocycles. The molecule has 1 amide bonds. The molecule has 6 rings (SSSR count). The molecule has 1 fully saturated rings. The van der Waals surface area contributed by atoms with E-state index in [1.54, 1.807) is 6.20 Å². The fourth-order valence-electron chi connectivity index (χ4n) is 4.86. The van der Waals surface area contributed by atoms with Gasteiger partial charge in [-0.3, -0.25) is 9.69 Å². The van der Waals surface area contributed by atoms with Crippen LogP contribution in [0.15, 0.2) is 72.0 Å². The first-order chi connectivity index (χ1) is 16.7. The molecule has 1 unspecified atom stereocenters. The number of piperazine rings is 1. The van der Waals surface area contributed by atoms with E-state index >= 15 is 0 Å². The predicted molar refractivity (Wildman–Crippen MR) is 136 cm³/mol. The van der Waals surface area contributed by atoms with Crippen molar-refractivity contribution in [3.63, 3.8) is 0 Å². The van der Waals surface area contributed by atoms with E-state index in [4.69, 9.17) is 0 Å². The minimum Gasteiger partial charge on any atom is -0.366 e. The number of benzene rings is 2. The summed E-state index contributed by atoms with van der Waals surface area (Å²) in [7, 11) is 0. The molecule has 34 heavy (non-hydrogen) atoms. The third kappa shape index (κ3) is 4.43. The van der Waals surface area contributed by atoms with E-state index in [2.05, 4.69) is 74.2 Å². The lowest BCUT2D eigenvalue weighted by atomic mass is 9.99. The lowest BCUT2D eigenvalue weighted by molar-refractivity contribution is -0.120. The number of anilines is 1. The van der Waals surface area contributed by atoms with E-state index < -0.39 is 0 Å². The molecule has 7 nitrogen and oxygen atoms in total. The number of nitrogens with zero attached hydrogens (tertiary/aromatic N) is 4. The smallest absolute Gasteiger partial charge is 0.239 e. The number of allylic oxidation sites excluding steroid dienone is 1. The van der Waals surface area contributed by atoms with E-state index in [0.717, 1.165) is 43.9 Å². The second-order valence-corrected chi connectivity index (χ2v) is 10.2. The Kier molecular flexibility index (Phi) is 5.76. The summed E-state index contributed by atoms with van der Waals surface area (Å²) in [5, 5.41) is 10.8. The van der Waals surface area contributed by atoms with E-state index in [9.17, 15) is 4.79 Å². The van der Waals surface area contributed by atoms with Gasteiger partial charge in [-0.1, -0.05) is 30.0 Å². The van der Waals surface area contributed by atoms with E-state index in [1.165, 1.54) is 21.6 Å². The molecule has 1 atom stereocenters. The normalized spacial score (nSPS) is 20.5. The third-order valence-corrected chi connectivity index (χ3v) is 7.92. The quantitative estimate of drug-likeness (QED) is 0.595. The van der Waals surface area contributed by atoms with Gasteiger partial charge in [-0.25, -0.2) is 4.68 Å². The molecule has 3 aliphatic rings. The van der Waals surface area contributed by atoms with Crippen molar-refractivity contribution in [1.29, 1.82) is 0 Å². The van der Waals surface area contributed by atoms with E-state index in [-0.39, 0.29) is 11.4 Å². The van der Waals surface area contributed by atoms with Crippen LogP contribution >= 0.6 is 11.8 Å². The Labute approximate surface area is 203 Å². The van der Waals surface area contributed by atoms with Gasteiger partial charge in [-0.2, -0.15) is 5.10 Å². The highest BCUT2D eigenvalue weighted by Crippen LogP contribution is 2.34. The summed E-state index contributed by atoms with van der Waals surface area (Å²) in [5.74, 6) is 0.104. The van der Waals surface area contributed by atoms with Gasteiger partial charge in [0.05, 0.1) is 12.2 Å². The van der Waals surface area contributed by atoms with Crippen LogP contribution in [0.1, 0.15) is 16.7 Å². The molecule has 0 saturated carbocycles. The molecule has 2 N–H and O–H groups in total. The Morgan fingerprint density at radius 3 is 2.74 bits per heavy atom. The lowest BCUT2D eigenvalue weighted by Crippen LogP contribution is -2.47. The molecule has 0 radical (unpaired) electrons. The minimum absolute atomic E-state index is 0.104. The molecule has 0 bridgehead atoms. The number of aromatic nitrogens is 2. The summed E-state index contributed by atoms with van der Waals surface area (Å²) in [4.78, 5) is 17.9. The number of rotatable bonds is 5. The molecular formula is C26H28N6OS. The van der Waals surface area contributed by atoms with Crippen LogP contribution in [0, 0.1) is 0 Å². The first-order valence-corrected chi connectivity index (χ1v) is 12.7. The van der Waals surface area contributed by atoms with E-state index in [1.807, 2.05) is 28.7 Å². The summed E-state index contributed by atoms with van der Waals surface area (Å²) >= 11 is 1.92. The van der Waals surface area contributed by atoms with Gasteiger partial charge in [0.2, 0.25) is 5.91 Å². The Balaban J connectivity index is 1.08. The second kappa shape index (κ2) is 9.19. The zero-order valence-electron chi connectivity index (χ0n) is 19.0. The van der Waals surface area contributed by atoms with Crippen LogP contribution < -0.4 is 15.5 Å². The van der Waals surface area contributed by atoms with Crippen LogP contribution in [0.4, 0.5) is 5.69 Å². The maximum Gasteiger partial charge on any atom is 0.239 e. The van der Waals surface area contributed by atoms with Crippen molar-refractivity contribution < 1.29 is 4.79 Å². The fourth-order valence-corrected chi connectivity index (χ4v) is 6.00. The maximum atomic E-state index is 11.8. The standard InChI is InChI=1S/C26H28N6OS/c33-25-18-30(13-10-27-25)23-7-4-20-8-12-31(17-21(20)15-23)26-28-16-24(34-26)14-19-2-5-22(6-3-19)32-11-1-9-29-32/h1-7,9,11,15-16,26,28H,8,10,12-14,17-18H2,(H,27,33). The van der Waals surface area contributed by atoms with Crippen molar-refractivity contribution in [3.8, 4) is 5.69 Å². The maximum absolute atomic E-state index is 11.8. The number of carbonyl (C=O) groups is 1. The predicted octanol–water partition coefficient (Wildman–Crippen LogP) is 2.87. The number of amides is 1. The van der Waals surface area contributed by atoms with Crippen molar-refractivity contribution in [2.24, 2.45) is 0 Å². The second-order valence-electron chi connectivity index (χ2n) is 8.99. The van der Waals surface area contributed by atoms with Crippen LogP contribution in [-0.2, 0) is 24.2 Å². The SMILES string of the molecule is O=C1CN(c2ccc3c(c2)CN(C2NC=C(Cc4ccc(-n5cccn5)cc4)S2)CC3)CCN1. The van der Waals surface area contributed by atoms with Crippen LogP contribution in [0.5, 0.6) is 0 Å². The van der Waals surface area contributed by atoms with Gasteiger partial charge in [-0.15, -0.1) is 0 Å². The fraction of sp³-hybridized carbons (Fsp3) is 0.308. The first-order valence-electron chi connectivity index (χ1n) is 11.8. The Morgan fingerprint density at radius 1 is 1.03 bits per heavy atom. The average Bonchev–Trinajstić information content (AvgIpc) is 3.57. The molecule has 3 aromatic rings. The molecule has 3 aliphatic heterocycles. The Morgan fingerprint density at radius 2 is 1.91 bits per heavy atom. The highest BCUT2D eigenvalue weighted by Gasteiger charge is 2.28. The van der Waals surface area contributed by atoms with Crippen LogP contribution in [0.25, 0.3) is 5.69 Å². The number of carbonyl (C=O) groups excluding carboxylic acids is 1. The van der Waals surface area contributed by atoms with Crippen LogP contribution in [0.2, 0.25) is 0 Å². The summed E-state index contributed by atoms with van der Waals surface area (Å²) in [6, 6.07) is 17.3. The monoisotopic (exact) mass is 472 g/mol. The van der Waals surface area contributed by atoms with Crippen molar-refractivity contribution in [2.75, 3.05) is 31.1 Å². The highest BCUT2D eigenvalue weighted by molar-refractivity contribution is 8.03. The summed E-state index contributed by atoms with van der Waals surface area (Å²) < 4.78 is 1.88. The van der Waals surface area contributed by atoms with Crippen molar-refractivity contribution in [1.82, 2.24) is 25.3 Å². The van der Waals surface area contributed by atoms with Gasteiger partial charge >= 0.3 is 0 Å². The largest absolute Gasteiger partial charge is 0.366 e. The number of thioether (sulfide) groups is 1. The zero-order chi connectivity index (χ0) is 22.9. The first kappa shape index (κ1) is 21.3. The third-order valence-electron chi connectivity index (χ3n) is 6.70. The number of nitrogens with one attached hydrogen (secondary N) is 2. The number of hydrogen-bond acceptors (Lipinski definition) is 6. The summed E-state index contributed by atoms with van der Waals surface area (Å²) in [5.41, 5.74) is 6.59. The molecule has 1 aromatic heterocycles. The topological polar surface area (TPSA) is 65.4 Å². The Bertz CT molecular complexity index is 1210. The molecule has 0 spiro atoms. The molecule has 0 aliphatic carbocycles. The van der Waals surface area contributed by atoms with Crippen molar-refractivity contribution in [2.45, 2.75) is 24.9 Å². The van der Waals surface area contributed by atoms with Crippen LogP contribution in [0.3, 0.4) is 0 Å². The van der Waals surface area contributed by atoms with Gasteiger partial charge in [0.1, 0.15) is 5.50 Å². The number of fused-ring (bicyclic) bond motifs is 1. The highest BCUT2D eigenvalue weighted by atomic mass is 32.2.